The maximum Gasteiger partial charge on any atom is 0.104 e. The number of ether oxygens (including phenoxy) is 1. The molecule has 0 spiro atoms. The molecule has 100 valence electrons. The second-order valence-corrected chi connectivity index (χ2v) is 6.03. The average Bonchev–Trinajstić information content (AvgIpc) is 2.87. The summed E-state index contributed by atoms with van der Waals surface area (Å²) in [6.45, 7) is 3.86. The first-order valence-electron chi connectivity index (χ1n) is 6.76. The summed E-state index contributed by atoms with van der Waals surface area (Å²) < 4.78 is 6.04. The van der Waals surface area contributed by atoms with Gasteiger partial charge in [0.2, 0.25) is 0 Å². The Kier molecular flexibility index (Phi) is 3.97. The van der Waals surface area contributed by atoms with Gasteiger partial charge >= 0.3 is 0 Å². The monoisotopic (exact) mass is 273 g/mol. The van der Waals surface area contributed by atoms with Crippen LogP contribution in [0.25, 0.3) is 0 Å². The Morgan fingerprint density at radius 2 is 2.11 bits per heavy atom. The molecule has 1 aliphatic rings. The molecule has 0 saturated carbocycles. The third kappa shape index (κ3) is 3.06. The molecule has 2 aromatic rings. The zero-order valence-electron chi connectivity index (χ0n) is 11.1. The third-order valence-corrected chi connectivity index (χ3v) is 4.72. The van der Waals surface area contributed by atoms with Crippen molar-refractivity contribution in [3.05, 3.63) is 57.8 Å². The lowest BCUT2D eigenvalue weighted by molar-refractivity contribution is 0.00480. The van der Waals surface area contributed by atoms with Crippen molar-refractivity contribution in [1.29, 1.82) is 0 Å². The maximum atomic E-state index is 6.04. The van der Waals surface area contributed by atoms with Crippen molar-refractivity contribution in [2.45, 2.75) is 25.5 Å². The van der Waals surface area contributed by atoms with Crippen LogP contribution in [-0.2, 0) is 11.2 Å². The van der Waals surface area contributed by atoms with Crippen LogP contribution in [0.1, 0.15) is 22.1 Å². The van der Waals surface area contributed by atoms with Gasteiger partial charge in [0.15, 0.2) is 0 Å². The van der Waals surface area contributed by atoms with Crippen molar-refractivity contribution < 1.29 is 4.74 Å². The topological polar surface area (TPSA) is 21.3 Å². The summed E-state index contributed by atoms with van der Waals surface area (Å²) in [4.78, 5) is 1.37. The van der Waals surface area contributed by atoms with Gasteiger partial charge in [-0.3, -0.25) is 0 Å². The van der Waals surface area contributed by atoms with E-state index in [1.54, 1.807) is 11.3 Å². The first-order valence-corrected chi connectivity index (χ1v) is 7.64. The van der Waals surface area contributed by atoms with Gasteiger partial charge in [-0.05, 0) is 35.9 Å². The number of rotatable bonds is 3. The van der Waals surface area contributed by atoms with E-state index in [1.165, 1.54) is 16.0 Å². The lowest BCUT2D eigenvalue weighted by Crippen LogP contribution is -2.44. The largest absolute Gasteiger partial charge is 0.370 e. The van der Waals surface area contributed by atoms with Crippen LogP contribution in [0.3, 0.4) is 0 Å². The summed E-state index contributed by atoms with van der Waals surface area (Å²) in [5.41, 5.74) is 2.72. The Morgan fingerprint density at radius 1 is 1.26 bits per heavy atom. The van der Waals surface area contributed by atoms with Crippen molar-refractivity contribution >= 4 is 11.3 Å². The van der Waals surface area contributed by atoms with Crippen LogP contribution in [0.4, 0.5) is 0 Å². The molecule has 1 aromatic carbocycles. The van der Waals surface area contributed by atoms with E-state index in [0.717, 1.165) is 19.6 Å². The molecule has 0 bridgehead atoms. The predicted molar refractivity (Wildman–Crippen MR) is 79.7 cm³/mol. The number of hydrogen-bond donors (Lipinski definition) is 1. The van der Waals surface area contributed by atoms with Crippen LogP contribution in [0.5, 0.6) is 0 Å². The Balaban J connectivity index is 1.57. The Bertz CT molecular complexity index is 515. The van der Waals surface area contributed by atoms with Gasteiger partial charge in [-0.25, -0.2) is 0 Å². The molecule has 2 unspecified atom stereocenters. The molecule has 1 aromatic heterocycles. The highest BCUT2D eigenvalue weighted by molar-refractivity contribution is 7.10. The summed E-state index contributed by atoms with van der Waals surface area (Å²) in [7, 11) is 0. The smallest absolute Gasteiger partial charge is 0.104 e. The number of thiophene rings is 1. The van der Waals surface area contributed by atoms with Gasteiger partial charge in [0.25, 0.3) is 0 Å². The van der Waals surface area contributed by atoms with Gasteiger partial charge in [-0.15, -0.1) is 11.3 Å². The third-order valence-electron chi connectivity index (χ3n) is 3.61. The molecule has 3 heteroatoms. The van der Waals surface area contributed by atoms with E-state index in [2.05, 4.69) is 54.0 Å². The summed E-state index contributed by atoms with van der Waals surface area (Å²) in [6.07, 6.45) is 1.27. The van der Waals surface area contributed by atoms with Gasteiger partial charge in [-0.1, -0.05) is 30.3 Å². The standard InChI is InChI=1S/C16H19NOS/c1-12-7-8-19-16(12)15-10-17-14(11-18-15)9-13-5-3-2-4-6-13/h2-8,14-15,17H,9-11H2,1H3. The van der Waals surface area contributed by atoms with Crippen molar-refractivity contribution in [3.8, 4) is 0 Å². The molecule has 2 heterocycles. The zero-order valence-corrected chi connectivity index (χ0v) is 12.0. The first-order chi connectivity index (χ1) is 9.33. The molecule has 2 atom stereocenters. The number of aryl methyl sites for hydroxylation is 1. The molecular formula is C16H19NOS. The van der Waals surface area contributed by atoms with Crippen LogP contribution in [0.2, 0.25) is 0 Å². The number of benzene rings is 1. The lowest BCUT2D eigenvalue weighted by Gasteiger charge is -2.30. The Labute approximate surface area is 118 Å². The quantitative estimate of drug-likeness (QED) is 0.926. The normalized spacial score (nSPS) is 23.4. The van der Waals surface area contributed by atoms with E-state index in [9.17, 15) is 0 Å². The first kappa shape index (κ1) is 12.9. The van der Waals surface area contributed by atoms with Gasteiger partial charge in [0.05, 0.1) is 6.61 Å². The van der Waals surface area contributed by atoms with Crippen molar-refractivity contribution in [2.75, 3.05) is 13.2 Å². The van der Waals surface area contributed by atoms with Gasteiger partial charge in [0, 0.05) is 17.5 Å². The number of hydrogen-bond acceptors (Lipinski definition) is 3. The molecule has 1 saturated heterocycles. The number of nitrogens with one attached hydrogen (secondary N) is 1. The molecule has 1 fully saturated rings. The molecule has 1 aliphatic heterocycles. The van der Waals surface area contributed by atoms with Gasteiger partial charge < -0.3 is 10.1 Å². The van der Waals surface area contributed by atoms with Crippen molar-refractivity contribution in [1.82, 2.24) is 5.32 Å². The van der Waals surface area contributed by atoms with Gasteiger partial charge in [-0.2, -0.15) is 0 Å². The van der Waals surface area contributed by atoms with E-state index < -0.39 is 0 Å². The second-order valence-electron chi connectivity index (χ2n) is 5.08. The molecule has 0 amide bonds. The summed E-state index contributed by atoms with van der Waals surface area (Å²) >= 11 is 1.80. The average molecular weight is 273 g/mol. The molecular weight excluding hydrogens is 254 g/mol. The Hall–Kier alpha value is -1.16. The highest BCUT2D eigenvalue weighted by Gasteiger charge is 2.24. The SMILES string of the molecule is Cc1ccsc1C1CNC(Cc2ccccc2)CO1. The molecule has 2 nitrogen and oxygen atoms in total. The lowest BCUT2D eigenvalue weighted by atomic mass is 10.0. The molecule has 0 radical (unpaired) electrons. The summed E-state index contributed by atoms with van der Waals surface area (Å²) in [6, 6.07) is 13.2. The van der Waals surface area contributed by atoms with Gasteiger partial charge in [0.1, 0.15) is 6.10 Å². The van der Waals surface area contributed by atoms with E-state index >= 15 is 0 Å². The summed E-state index contributed by atoms with van der Waals surface area (Å²) in [5, 5.41) is 5.76. The second kappa shape index (κ2) is 5.87. The minimum Gasteiger partial charge on any atom is -0.370 e. The van der Waals surface area contributed by atoms with E-state index in [0.29, 0.717) is 6.04 Å². The fourth-order valence-corrected chi connectivity index (χ4v) is 3.51. The van der Waals surface area contributed by atoms with E-state index in [-0.39, 0.29) is 6.10 Å². The molecule has 0 aliphatic carbocycles. The number of morpholine rings is 1. The highest BCUT2D eigenvalue weighted by Crippen LogP contribution is 2.28. The van der Waals surface area contributed by atoms with Crippen LogP contribution in [0, 0.1) is 6.92 Å². The van der Waals surface area contributed by atoms with Crippen LogP contribution in [-0.4, -0.2) is 19.2 Å². The van der Waals surface area contributed by atoms with Crippen LogP contribution in [0.15, 0.2) is 41.8 Å². The van der Waals surface area contributed by atoms with E-state index in [4.69, 9.17) is 4.74 Å². The van der Waals surface area contributed by atoms with Crippen molar-refractivity contribution in [3.63, 3.8) is 0 Å². The molecule has 19 heavy (non-hydrogen) atoms. The molecule has 3 rings (SSSR count). The maximum absolute atomic E-state index is 6.04. The predicted octanol–water partition coefficient (Wildman–Crippen LogP) is 3.33. The van der Waals surface area contributed by atoms with Crippen LogP contribution >= 0.6 is 11.3 Å². The fourth-order valence-electron chi connectivity index (χ4n) is 2.54. The molecule has 1 N–H and O–H groups in total. The van der Waals surface area contributed by atoms with E-state index in [1.807, 2.05) is 0 Å². The minimum absolute atomic E-state index is 0.229. The fraction of sp³-hybridized carbons (Fsp3) is 0.375. The van der Waals surface area contributed by atoms with Crippen LogP contribution < -0.4 is 5.32 Å². The Morgan fingerprint density at radius 3 is 2.74 bits per heavy atom. The highest BCUT2D eigenvalue weighted by atomic mass is 32.1. The summed E-state index contributed by atoms with van der Waals surface area (Å²) in [5.74, 6) is 0. The van der Waals surface area contributed by atoms with Crippen molar-refractivity contribution in [2.24, 2.45) is 0 Å². The zero-order chi connectivity index (χ0) is 13.1. The minimum atomic E-state index is 0.229.